The molecule has 0 aliphatic rings. The molecule has 0 atom stereocenters. The summed E-state index contributed by atoms with van der Waals surface area (Å²) in [6, 6.07) is 6.91. The van der Waals surface area contributed by atoms with Crippen LogP contribution in [0.4, 0.5) is 0 Å². The highest BCUT2D eigenvalue weighted by Gasteiger charge is 2.12. The van der Waals surface area contributed by atoms with Gasteiger partial charge in [0.05, 0.1) is 11.1 Å². The molecule has 2 rings (SSSR count). The van der Waals surface area contributed by atoms with E-state index in [-0.39, 0.29) is 35.8 Å². The van der Waals surface area contributed by atoms with E-state index in [1.54, 1.807) is 0 Å². The van der Waals surface area contributed by atoms with Gasteiger partial charge in [0.2, 0.25) is 0 Å². The molecule has 0 unspecified atom stereocenters. The smallest absolute Gasteiger partial charge is 0.338 e. The largest absolute Gasteiger partial charge is 0.504 e. The number of phenols is 4. The van der Waals surface area contributed by atoms with Gasteiger partial charge in [-0.3, -0.25) is 0 Å². The lowest BCUT2D eigenvalue weighted by atomic mass is 10.2. The molecule has 0 aromatic heterocycles. The molecular formula is C16H14O8. The van der Waals surface area contributed by atoms with E-state index in [2.05, 4.69) is 0 Å². The standard InChI is InChI=1S/C16H14O8/c17-11-3-1-9(7-13(11)19)15(21)23-5-6-24-16(22)10-2-4-12(18)14(20)8-10/h1-4,7-8,17-20H,5-6H2. The molecule has 0 heterocycles. The first kappa shape index (κ1) is 16.9. The van der Waals surface area contributed by atoms with Gasteiger partial charge in [0, 0.05) is 0 Å². The van der Waals surface area contributed by atoms with Gasteiger partial charge in [0.1, 0.15) is 13.2 Å². The van der Waals surface area contributed by atoms with Crippen molar-refractivity contribution in [2.75, 3.05) is 13.2 Å². The van der Waals surface area contributed by atoms with Crippen molar-refractivity contribution < 1.29 is 39.5 Å². The van der Waals surface area contributed by atoms with Gasteiger partial charge in [0.15, 0.2) is 23.0 Å². The van der Waals surface area contributed by atoms with Crippen molar-refractivity contribution in [3.63, 3.8) is 0 Å². The van der Waals surface area contributed by atoms with Gasteiger partial charge in [-0.25, -0.2) is 9.59 Å². The lowest BCUT2D eigenvalue weighted by Gasteiger charge is -2.07. The number of aromatic hydroxyl groups is 4. The number of hydrogen-bond acceptors (Lipinski definition) is 8. The molecule has 8 heteroatoms. The van der Waals surface area contributed by atoms with Gasteiger partial charge in [-0.05, 0) is 36.4 Å². The zero-order valence-corrected chi connectivity index (χ0v) is 12.3. The Bertz CT molecular complexity index is 703. The number of esters is 2. The third-order valence-corrected chi connectivity index (χ3v) is 2.97. The Hall–Kier alpha value is -3.42. The maximum absolute atomic E-state index is 11.7. The van der Waals surface area contributed by atoms with E-state index in [9.17, 15) is 19.8 Å². The molecule has 0 saturated carbocycles. The average Bonchev–Trinajstić information content (AvgIpc) is 2.56. The number of carbonyl (C=O) groups is 2. The van der Waals surface area contributed by atoms with E-state index in [4.69, 9.17) is 19.7 Å². The van der Waals surface area contributed by atoms with Gasteiger partial charge in [0.25, 0.3) is 0 Å². The average molecular weight is 334 g/mol. The van der Waals surface area contributed by atoms with Gasteiger partial charge in [-0.2, -0.15) is 0 Å². The maximum atomic E-state index is 11.7. The molecule has 0 spiro atoms. The summed E-state index contributed by atoms with van der Waals surface area (Å²) >= 11 is 0. The van der Waals surface area contributed by atoms with E-state index >= 15 is 0 Å². The molecule has 4 N–H and O–H groups in total. The minimum Gasteiger partial charge on any atom is -0.504 e. The third kappa shape index (κ3) is 4.07. The summed E-state index contributed by atoms with van der Waals surface area (Å²) in [5, 5.41) is 36.9. The van der Waals surface area contributed by atoms with Gasteiger partial charge in [-0.15, -0.1) is 0 Å². The molecule has 0 aliphatic carbocycles. The first-order valence-corrected chi connectivity index (χ1v) is 6.76. The van der Waals surface area contributed by atoms with E-state index < -0.39 is 23.4 Å². The van der Waals surface area contributed by atoms with Crippen molar-refractivity contribution in [2.24, 2.45) is 0 Å². The van der Waals surface area contributed by atoms with Gasteiger partial charge >= 0.3 is 11.9 Å². The predicted octanol–water partition coefficient (Wildman–Crippen LogP) is 1.52. The van der Waals surface area contributed by atoms with Crippen molar-refractivity contribution in [1.29, 1.82) is 0 Å². The van der Waals surface area contributed by atoms with Crippen LogP contribution in [0.15, 0.2) is 36.4 Å². The Kier molecular flexibility index (Phi) is 5.10. The Labute approximate surface area is 136 Å². The lowest BCUT2D eigenvalue weighted by Crippen LogP contribution is -2.14. The van der Waals surface area contributed by atoms with Gasteiger partial charge < -0.3 is 29.9 Å². The topological polar surface area (TPSA) is 134 Å². The van der Waals surface area contributed by atoms with Crippen LogP contribution in [0.1, 0.15) is 20.7 Å². The normalized spacial score (nSPS) is 10.2. The zero-order valence-electron chi connectivity index (χ0n) is 12.3. The number of phenolic OH excluding ortho intramolecular Hbond substituents is 4. The molecule has 126 valence electrons. The number of benzene rings is 2. The minimum atomic E-state index is -0.761. The number of hydrogen-bond donors (Lipinski definition) is 4. The lowest BCUT2D eigenvalue weighted by molar-refractivity contribution is 0.0265. The van der Waals surface area contributed by atoms with Crippen LogP contribution < -0.4 is 0 Å². The van der Waals surface area contributed by atoms with E-state index in [1.165, 1.54) is 12.1 Å². The Morgan fingerprint density at radius 1 is 0.667 bits per heavy atom. The first-order chi connectivity index (χ1) is 11.4. The quantitative estimate of drug-likeness (QED) is 0.367. The Morgan fingerprint density at radius 3 is 1.38 bits per heavy atom. The van der Waals surface area contributed by atoms with Crippen LogP contribution in [0, 0.1) is 0 Å². The fourth-order valence-corrected chi connectivity index (χ4v) is 1.74. The maximum Gasteiger partial charge on any atom is 0.338 e. The molecule has 24 heavy (non-hydrogen) atoms. The fourth-order valence-electron chi connectivity index (χ4n) is 1.74. The summed E-state index contributed by atoms with van der Waals surface area (Å²) in [7, 11) is 0. The predicted molar refractivity (Wildman–Crippen MR) is 80.1 cm³/mol. The van der Waals surface area contributed by atoms with Crippen LogP contribution in [-0.4, -0.2) is 45.6 Å². The van der Waals surface area contributed by atoms with Crippen LogP contribution in [0.25, 0.3) is 0 Å². The second-order valence-electron chi connectivity index (χ2n) is 4.68. The Morgan fingerprint density at radius 2 is 1.04 bits per heavy atom. The summed E-state index contributed by atoms with van der Waals surface area (Å²) in [5.74, 6) is -3.16. The second-order valence-corrected chi connectivity index (χ2v) is 4.68. The number of ether oxygens (including phenoxy) is 2. The number of rotatable bonds is 5. The monoisotopic (exact) mass is 334 g/mol. The van der Waals surface area contributed by atoms with Crippen LogP contribution >= 0.6 is 0 Å². The molecule has 8 nitrogen and oxygen atoms in total. The van der Waals surface area contributed by atoms with Crippen LogP contribution in [0.2, 0.25) is 0 Å². The Balaban J connectivity index is 1.81. The van der Waals surface area contributed by atoms with Gasteiger partial charge in [-0.1, -0.05) is 0 Å². The molecule has 2 aromatic rings. The van der Waals surface area contributed by atoms with Crippen molar-refractivity contribution in [1.82, 2.24) is 0 Å². The molecule has 0 saturated heterocycles. The summed E-state index contributed by atoms with van der Waals surface area (Å²) in [5.41, 5.74) is 0.0557. The second kappa shape index (κ2) is 7.23. The molecule has 0 radical (unpaired) electrons. The van der Waals surface area contributed by atoms with Crippen LogP contribution in [-0.2, 0) is 9.47 Å². The molecule has 2 aromatic carbocycles. The van der Waals surface area contributed by atoms with Crippen molar-refractivity contribution >= 4 is 11.9 Å². The van der Waals surface area contributed by atoms with Crippen LogP contribution in [0.5, 0.6) is 23.0 Å². The molecule has 0 fully saturated rings. The van der Waals surface area contributed by atoms with Crippen molar-refractivity contribution in [3.05, 3.63) is 47.5 Å². The first-order valence-electron chi connectivity index (χ1n) is 6.76. The van der Waals surface area contributed by atoms with Crippen molar-refractivity contribution in [2.45, 2.75) is 0 Å². The summed E-state index contributed by atoms with van der Waals surface area (Å²) < 4.78 is 9.71. The summed E-state index contributed by atoms with van der Waals surface area (Å²) in [6.45, 7) is -0.452. The van der Waals surface area contributed by atoms with E-state index in [0.717, 1.165) is 24.3 Å². The van der Waals surface area contributed by atoms with E-state index in [1.807, 2.05) is 0 Å². The zero-order chi connectivity index (χ0) is 17.7. The summed E-state index contributed by atoms with van der Waals surface area (Å²) in [4.78, 5) is 23.4. The minimum absolute atomic E-state index is 0.0279. The van der Waals surface area contributed by atoms with E-state index in [0.29, 0.717) is 0 Å². The third-order valence-electron chi connectivity index (χ3n) is 2.97. The highest BCUT2D eigenvalue weighted by atomic mass is 16.6. The SMILES string of the molecule is O=C(OCCOC(=O)c1ccc(O)c(O)c1)c1ccc(O)c(O)c1. The molecular weight excluding hydrogens is 320 g/mol. The highest BCUT2D eigenvalue weighted by molar-refractivity contribution is 5.91. The molecule has 0 aliphatic heterocycles. The molecule has 0 bridgehead atoms. The molecule has 0 amide bonds. The van der Waals surface area contributed by atoms with Crippen LogP contribution in [0.3, 0.4) is 0 Å². The number of carbonyl (C=O) groups excluding carboxylic acids is 2. The fraction of sp³-hybridized carbons (Fsp3) is 0.125. The summed E-state index contributed by atoms with van der Waals surface area (Å²) in [6.07, 6.45) is 0. The van der Waals surface area contributed by atoms with Crippen molar-refractivity contribution in [3.8, 4) is 23.0 Å². The highest BCUT2D eigenvalue weighted by Crippen LogP contribution is 2.26.